The number of piperazine rings is 1. The van der Waals surface area contributed by atoms with E-state index in [0.29, 0.717) is 6.04 Å². The summed E-state index contributed by atoms with van der Waals surface area (Å²) in [6, 6.07) is 18.4. The van der Waals surface area contributed by atoms with Crippen LogP contribution in [0.1, 0.15) is 86.3 Å². The first-order valence-electron chi connectivity index (χ1n) is 14.9. The van der Waals surface area contributed by atoms with Crippen LogP contribution < -0.4 is 5.32 Å². The first-order chi connectivity index (χ1) is 18.1. The van der Waals surface area contributed by atoms with Crippen LogP contribution in [0.15, 0.2) is 48.5 Å². The van der Waals surface area contributed by atoms with Crippen molar-refractivity contribution in [1.82, 2.24) is 14.7 Å². The summed E-state index contributed by atoms with van der Waals surface area (Å²) >= 11 is 0. The number of nitrogens with one attached hydrogen (secondary N) is 1. The zero-order chi connectivity index (χ0) is 25.6. The number of hydrogen-bond donors (Lipinski definition) is 1. The molecule has 3 fully saturated rings. The minimum absolute atomic E-state index is 0.125. The lowest BCUT2D eigenvalue weighted by atomic mass is 9.93. The second kappa shape index (κ2) is 12.4. The number of amides is 1. The van der Waals surface area contributed by atoms with Crippen LogP contribution in [0.2, 0.25) is 0 Å². The number of hydrogen-bond acceptors (Lipinski definition) is 4. The van der Waals surface area contributed by atoms with Gasteiger partial charge in [0.1, 0.15) is 0 Å². The lowest BCUT2D eigenvalue weighted by Crippen LogP contribution is -2.48. The highest BCUT2D eigenvalue weighted by Crippen LogP contribution is 2.34. The first kappa shape index (κ1) is 26.2. The van der Waals surface area contributed by atoms with E-state index in [1.165, 1.54) is 68.3 Å². The number of anilines is 1. The molecule has 5 rings (SSSR count). The van der Waals surface area contributed by atoms with Gasteiger partial charge in [-0.1, -0.05) is 43.5 Å². The van der Waals surface area contributed by atoms with E-state index in [1.807, 2.05) is 30.9 Å². The normalized spacial score (nSPS) is 20.5. The van der Waals surface area contributed by atoms with Crippen molar-refractivity contribution >= 4 is 11.6 Å². The van der Waals surface area contributed by atoms with Crippen molar-refractivity contribution in [3.8, 4) is 0 Å². The summed E-state index contributed by atoms with van der Waals surface area (Å²) in [5.74, 6) is 1.07. The molecule has 1 amide bonds. The smallest absolute Gasteiger partial charge is 0.253 e. The molecule has 37 heavy (non-hydrogen) atoms. The highest BCUT2D eigenvalue weighted by molar-refractivity contribution is 5.94. The Hall–Kier alpha value is -2.37. The Bertz CT molecular complexity index is 1000. The average molecular weight is 503 g/mol. The summed E-state index contributed by atoms with van der Waals surface area (Å²) in [7, 11) is 0. The van der Waals surface area contributed by atoms with Crippen molar-refractivity contribution in [2.24, 2.45) is 5.92 Å². The fourth-order valence-electron chi connectivity index (χ4n) is 6.27. The molecule has 5 heteroatoms. The Morgan fingerprint density at radius 3 is 2.24 bits per heavy atom. The Balaban J connectivity index is 1.37. The van der Waals surface area contributed by atoms with Crippen molar-refractivity contribution in [3.63, 3.8) is 0 Å². The lowest BCUT2D eigenvalue weighted by Gasteiger charge is -2.40. The van der Waals surface area contributed by atoms with E-state index in [9.17, 15) is 4.79 Å². The van der Waals surface area contributed by atoms with Gasteiger partial charge in [0, 0.05) is 63.1 Å². The molecular formula is C32H46N4O. The topological polar surface area (TPSA) is 38.8 Å². The van der Waals surface area contributed by atoms with Gasteiger partial charge in [-0.05, 0) is 80.8 Å². The van der Waals surface area contributed by atoms with E-state index in [0.717, 1.165) is 50.7 Å². The fraction of sp³-hybridized carbons (Fsp3) is 0.594. The van der Waals surface area contributed by atoms with Crippen molar-refractivity contribution < 1.29 is 4.79 Å². The van der Waals surface area contributed by atoms with Crippen LogP contribution in [0.4, 0.5) is 5.69 Å². The zero-order valence-corrected chi connectivity index (χ0v) is 23.0. The van der Waals surface area contributed by atoms with Gasteiger partial charge in [-0.2, -0.15) is 0 Å². The number of benzene rings is 2. The van der Waals surface area contributed by atoms with Gasteiger partial charge in [-0.3, -0.25) is 9.69 Å². The largest absolute Gasteiger partial charge is 0.382 e. The molecule has 1 aliphatic heterocycles. The summed E-state index contributed by atoms with van der Waals surface area (Å²) < 4.78 is 0. The number of carbonyl (C=O) groups is 1. The predicted octanol–water partition coefficient (Wildman–Crippen LogP) is 6.03. The molecule has 200 valence electrons. The molecule has 0 bridgehead atoms. The maximum Gasteiger partial charge on any atom is 0.253 e. The van der Waals surface area contributed by atoms with Crippen LogP contribution in [-0.2, 0) is 0 Å². The van der Waals surface area contributed by atoms with Gasteiger partial charge in [0.05, 0.1) is 6.04 Å². The van der Waals surface area contributed by atoms with Crippen LogP contribution in [-0.4, -0.2) is 72.5 Å². The van der Waals surface area contributed by atoms with E-state index in [2.05, 4.69) is 51.5 Å². The van der Waals surface area contributed by atoms with E-state index >= 15 is 0 Å². The molecule has 5 nitrogen and oxygen atoms in total. The molecule has 2 aromatic carbocycles. The van der Waals surface area contributed by atoms with E-state index in [4.69, 9.17) is 0 Å². The van der Waals surface area contributed by atoms with Gasteiger partial charge in [-0.25, -0.2) is 0 Å². The number of rotatable bonds is 10. The molecule has 3 aliphatic rings. The maximum absolute atomic E-state index is 12.9. The van der Waals surface area contributed by atoms with Crippen LogP contribution in [0.3, 0.4) is 0 Å². The van der Waals surface area contributed by atoms with Gasteiger partial charge in [0.15, 0.2) is 0 Å². The molecular weight excluding hydrogens is 456 g/mol. The lowest BCUT2D eigenvalue weighted by molar-refractivity contribution is 0.0773. The SMILES string of the molecule is CCN(CC)C(=O)c1ccc(C(c2cccc(NC3CCCCC3)c2)N2CCN(CC3CC3)CC2)cc1. The van der Waals surface area contributed by atoms with Crippen LogP contribution in [0.25, 0.3) is 0 Å². The summed E-state index contributed by atoms with van der Waals surface area (Å²) in [6.07, 6.45) is 9.44. The Morgan fingerprint density at radius 2 is 1.59 bits per heavy atom. The molecule has 1 saturated heterocycles. The minimum Gasteiger partial charge on any atom is -0.382 e. The third kappa shape index (κ3) is 6.74. The molecule has 1 heterocycles. The van der Waals surface area contributed by atoms with Gasteiger partial charge in [0.25, 0.3) is 5.91 Å². The summed E-state index contributed by atoms with van der Waals surface area (Å²) in [6.45, 7) is 11.3. The minimum atomic E-state index is 0.125. The van der Waals surface area contributed by atoms with Crippen molar-refractivity contribution in [2.75, 3.05) is 51.1 Å². The molecule has 0 spiro atoms. The van der Waals surface area contributed by atoms with Crippen LogP contribution in [0, 0.1) is 5.92 Å². The molecule has 2 saturated carbocycles. The third-order valence-corrected chi connectivity index (χ3v) is 8.69. The predicted molar refractivity (Wildman–Crippen MR) is 153 cm³/mol. The maximum atomic E-state index is 12.9. The molecule has 1 unspecified atom stereocenters. The molecule has 0 aromatic heterocycles. The quantitative estimate of drug-likeness (QED) is 0.431. The highest BCUT2D eigenvalue weighted by Gasteiger charge is 2.30. The number of carbonyl (C=O) groups excluding carboxylic acids is 1. The van der Waals surface area contributed by atoms with Crippen molar-refractivity contribution in [2.45, 2.75) is 70.9 Å². The molecule has 1 atom stereocenters. The monoisotopic (exact) mass is 502 g/mol. The van der Waals surface area contributed by atoms with Gasteiger partial charge < -0.3 is 15.1 Å². The second-order valence-electron chi connectivity index (χ2n) is 11.4. The summed E-state index contributed by atoms with van der Waals surface area (Å²) in [4.78, 5) is 20.1. The van der Waals surface area contributed by atoms with E-state index in [1.54, 1.807) is 0 Å². The van der Waals surface area contributed by atoms with Crippen LogP contribution in [0.5, 0.6) is 0 Å². The Labute approximate surface area is 224 Å². The fourth-order valence-corrected chi connectivity index (χ4v) is 6.27. The van der Waals surface area contributed by atoms with Crippen LogP contribution >= 0.6 is 0 Å². The molecule has 2 aliphatic carbocycles. The highest BCUT2D eigenvalue weighted by atomic mass is 16.2. The second-order valence-corrected chi connectivity index (χ2v) is 11.4. The standard InChI is InChI=1S/C32H46N4O/c1-3-35(4-2)32(37)27-17-15-26(16-18-27)31(36-21-19-34(20-22-36)24-25-13-14-25)28-9-8-12-30(23-28)33-29-10-6-5-7-11-29/h8-9,12,15-18,23,25,29,31,33H,3-7,10-11,13-14,19-22,24H2,1-2H3. The van der Waals surface area contributed by atoms with Crippen molar-refractivity contribution in [1.29, 1.82) is 0 Å². The summed E-state index contributed by atoms with van der Waals surface area (Å²) in [5.41, 5.74) is 4.66. The van der Waals surface area contributed by atoms with Crippen molar-refractivity contribution in [3.05, 3.63) is 65.2 Å². The Kier molecular flexibility index (Phi) is 8.83. The average Bonchev–Trinajstić information content (AvgIpc) is 3.76. The summed E-state index contributed by atoms with van der Waals surface area (Å²) in [5, 5.41) is 3.84. The molecule has 2 aromatic rings. The zero-order valence-electron chi connectivity index (χ0n) is 23.0. The Morgan fingerprint density at radius 1 is 0.892 bits per heavy atom. The first-order valence-corrected chi connectivity index (χ1v) is 14.9. The van der Waals surface area contributed by atoms with Gasteiger partial charge >= 0.3 is 0 Å². The third-order valence-electron chi connectivity index (χ3n) is 8.69. The molecule has 0 radical (unpaired) electrons. The number of nitrogens with zero attached hydrogens (tertiary/aromatic N) is 3. The van der Waals surface area contributed by atoms with E-state index < -0.39 is 0 Å². The molecule has 1 N–H and O–H groups in total. The van der Waals surface area contributed by atoms with Gasteiger partial charge in [0.2, 0.25) is 0 Å². The van der Waals surface area contributed by atoms with E-state index in [-0.39, 0.29) is 11.9 Å². The van der Waals surface area contributed by atoms with Gasteiger partial charge in [-0.15, -0.1) is 0 Å².